The van der Waals surface area contributed by atoms with Gasteiger partial charge in [-0.15, -0.1) is 0 Å². The Morgan fingerprint density at radius 3 is 2.31 bits per heavy atom. The third-order valence-electron chi connectivity index (χ3n) is 5.46. The molecule has 2 heterocycles. The Hall–Kier alpha value is -3.09. The van der Waals surface area contributed by atoms with E-state index in [4.69, 9.17) is 14.2 Å². The van der Waals surface area contributed by atoms with Gasteiger partial charge in [0.1, 0.15) is 53.7 Å². The average Bonchev–Trinajstić information content (AvgIpc) is 2.75. The van der Waals surface area contributed by atoms with Gasteiger partial charge in [0.05, 0.1) is 6.61 Å². The molecular weight excluding hydrogens is 428 g/mol. The number of carbonyl (C=O) groups excluding carboxylic acids is 1. The maximum atomic E-state index is 13.3. The number of phenolic OH excluding ortho intramolecular Hbond substituents is 1. The van der Waals surface area contributed by atoms with E-state index in [2.05, 4.69) is 0 Å². The molecule has 7 unspecified atom stereocenters. The van der Waals surface area contributed by atoms with Crippen LogP contribution in [0.5, 0.6) is 5.75 Å². The fourth-order valence-electron chi connectivity index (χ4n) is 3.75. The van der Waals surface area contributed by atoms with Gasteiger partial charge in [-0.3, -0.25) is 4.79 Å². The van der Waals surface area contributed by atoms with Crippen LogP contribution in [0.25, 0.3) is 5.76 Å². The van der Waals surface area contributed by atoms with Crippen molar-refractivity contribution in [1.82, 2.24) is 0 Å². The van der Waals surface area contributed by atoms with Gasteiger partial charge in [0, 0.05) is 11.6 Å². The van der Waals surface area contributed by atoms with Gasteiger partial charge in [-0.25, -0.2) is 0 Å². The molecule has 11 nitrogen and oxygen atoms in total. The van der Waals surface area contributed by atoms with Crippen LogP contribution in [-0.4, -0.2) is 84.9 Å². The molecule has 0 amide bonds. The predicted octanol–water partition coefficient (Wildman–Crippen LogP) is -0.641. The molecule has 1 aliphatic carbocycles. The Balaban J connectivity index is 1.76. The van der Waals surface area contributed by atoms with Gasteiger partial charge >= 0.3 is 0 Å². The van der Waals surface area contributed by atoms with Crippen molar-refractivity contribution in [3.63, 3.8) is 0 Å². The minimum Gasteiger partial charge on any atom is -0.511 e. The molecule has 32 heavy (non-hydrogen) atoms. The fourth-order valence-corrected chi connectivity index (χ4v) is 3.75. The molecule has 0 aromatic heterocycles. The van der Waals surface area contributed by atoms with Gasteiger partial charge in [-0.2, -0.15) is 0 Å². The third-order valence-corrected chi connectivity index (χ3v) is 5.46. The number of ether oxygens (including phenoxy) is 3. The summed E-state index contributed by atoms with van der Waals surface area (Å²) < 4.78 is 16.8. The molecule has 0 radical (unpaired) electrons. The number of fused-ring (bicyclic) bond motifs is 1. The molecule has 0 saturated carbocycles. The number of allylic oxidation sites excluding steroid dienone is 2. The number of ketones is 1. The smallest absolute Gasteiger partial charge is 0.229 e. The van der Waals surface area contributed by atoms with Crippen molar-refractivity contribution in [3.8, 4) is 5.75 Å². The number of aromatic hydroxyl groups is 1. The molecule has 1 aromatic carbocycles. The Bertz CT molecular complexity index is 978. The van der Waals surface area contributed by atoms with E-state index < -0.39 is 66.6 Å². The largest absolute Gasteiger partial charge is 0.511 e. The Morgan fingerprint density at radius 2 is 1.66 bits per heavy atom. The summed E-state index contributed by atoms with van der Waals surface area (Å²) in [7, 11) is 0. The topological polar surface area (TPSA) is 186 Å². The number of hydrogen-bond donors (Lipinski definition) is 7. The van der Waals surface area contributed by atoms with Crippen molar-refractivity contribution in [2.24, 2.45) is 5.92 Å². The predicted molar refractivity (Wildman–Crippen MR) is 105 cm³/mol. The second-order valence-corrected chi connectivity index (χ2v) is 7.61. The summed E-state index contributed by atoms with van der Waals surface area (Å²) in [6, 6.07) is 5.52. The number of benzene rings is 1. The highest BCUT2D eigenvalue weighted by atomic mass is 16.7. The van der Waals surface area contributed by atoms with E-state index in [1.807, 2.05) is 0 Å². The minimum atomic E-state index is -1.79. The van der Waals surface area contributed by atoms with Crippen LogP contribution in [0.1, 0.15) is 5.56 Å². The molecule has 172 valence electrons. The normalized spacial score (nSPS) is 34.9. The van der Waals surface area contributed by atoms with E-state index in [0.29, 0.717) is 0 Å². The van der Waals surface area contributed by atoms with Crippen molar-refractivity contribution in [1.29, 1.82) is 0 Å². The van der Waals surface area contributed by atoms with Gasteiger partial charge in [0.15, 0.2) is 5.76 Å². The van der Waals surface area contributed by atoms with Gasteiger partial charge in [-0.1, -0.05) is 0 Å². The second kappa shape index (κ2) is 8.45. The summed E-state index contributed by atoms with van der Waals surface area (Å²) in [5, 5.41) is 69.2. The zero-order valence-electron chi connectivity index (χ0n) is 16.5. The summed E-state index contributed by atoms with van der Waals surface area (Å²) in [5.41, 5.74) is 0.288. The molecular formula is C21H22O11. The van der Waals surface area contributed by atoms with Crippen molar-refractivity contribution < 1.29 is 54.8 Å². The quantitative estimate of drug-likeness (QED) is 0.309. The molecule has 7 atom stereocenters. The number of Topliss-reactive ketones (excluding diaryl/α,β-unsaturated/α-hetero) is 1. The van der Waals surface area contributed by atoms with E-state index in [0.717, 1.165) is 6.08 Å². The highest BCUT2D eigenvalue weighted by molar-refractivity contribution is 6.04. The SMILES string of the molecule is O=C1C(OC2OC(CO)C(O)C(O)C2O)=C(c2ccc(O)cc2)OC2C=C(O)C=C(O)C12. The van der Waals surface area contributed by atoms with Gasteiger partial charge in [0.25, 0.3) is 0 Å². The van der Waals surface area contributed by atoms with E-state index >= 15 is 0 Å². The van der Waals surface area contributed by atoms with Crippen LogP contribution in [0.2, 0.25) is 0 Å². The molecule has 7 N–H and O–H groups in total. The van der Waals surface area contributed by atoms with E-state index in [9.17, 15) is 40.5 Å². The summed E-state index contributed by atoms with van der Waals surface area (Å²) in [6.07, 6.45) is -6.95. The number of phenols is 1. The number of aliphatic hydroxyl groups is 6. The van der Waals surface area contributed by atoms with Gasteiger partial charge in [0.2, 0.25) is 17.8 Å². The molecule has 0 bridgehead atoms. The first-order valence-corrected chi connectivity index (χ1v) is 9.74. The average molecular weight is 450 g/mol. The number of carbonyl (C=O) groups is 1. The lowest BCUT2D eigenvalue weighted by molar-refractivity contribution is -0.291. The van der Waals surface area contributed by atoms with Crippen LogP contribution in [0, 0.1) is 5.92 Å². The first kappa shape index (κ1) is 22.1. The lowest BCUT2D eigenvalue weighted by atomic mass is 9.86. The summed E-state index contributed by atoms with van der Waals surface area (Å²) in [5.74, 6) is -3.45. The minimum absolute atomic E-state index is 0.0541. The van der Waals surface area contributed by atoms with Crippen LogP contribution in [-0.2, 0) is 19.0 Å². The molecule has 1 saturated heterocycles. The van der Waals surface area contributed by atoms with Crippen LogP contribution in [0.15, 0.2) is 53.7 Å². The molecule has 4 rings (SSSR count). The van der Waals surface area contributed by atoms with Crippen molar-refractivity contribution >= 4 is 11.5 Å². The van der Waals surface area contributed by atoms with Crippen molar-refractivity contribution in [2.45, 2.75) is 36.8 Å². The first-order chi connectivity index (χ1) is 15.2. The maximum absolute atomic E-state index is 13.3. The van der Waals surface area contributed by atoms with Gasteiger partial charge in [-0.05, 0) is 30.3 Å². The van der Waals surface area contributed by atoms with Crippen molar-refractivity contribution in [3.05, 3.63) is 59.3 Å². The highest BCUT2D eigenvalue weighted by Crippen LogP contribution is 2.40. The van der Waals surface area contributed by atoms with Crippen LogP contribution >= 0.6 is 0 Å². The molecule has 0 spiro atoms. The highest BCUT2D eigenvalue weighted by Gasteiger charge is 2.49. The summed E-state index contributed by atoms with van der Waals surface area (Å²) in [6.45, 7) is -0.697. The summed E-state index contributed by atoms with van der Waals surface area (Å²) >= 11 is 0. The standard InChI is InChI=1S/C21H22O11/c22-7-13-15(26)17(28)18(29)21(31-13)32-20-16(27)14-11(25)5-10(24)6-12(14)30-19(20)8-1-3-9(23)4-2-8/h1-6,12-15,17-18,21-26,28-29H,7H2. The lowest BCUT2D eigenvalue weighted by Crippen LogP contribution is -2.59. The molecule has 11 heteroatoms. The second-order valence-electron chi connectivity index (χ2n) is 7.61. The van der Waals surface area contributed by atoms with Crippen molar-refractivity contribution in [2.75, 3.05) is 6.61 Å². The van der Waals surface area contributed by atoms with E-state index in [-0.39, 0.29) is 22.8 Å². The van der Waals surface area contributed by atoms with E-state index in [1.165, 1.54) is 30.3 Å². The summed E-state index contributed by atoms with van der Waals surface area (Å²) in [4.78, 5) is 13.3. The maximum Gasteiger partial charge on any atom is 0.229 e. The number of hydrogen-bond acceptors (Lipinski definition) is 11. The van der Waals surface area contributed by atoms with Crippen LogP contribution in [0.3, 0.4) is 0 Å². The van der Waals surface area contributed by atoms with E-state index in [1.54, 1.807) is 0 Å². The first-order valence-electron chi connectivity index (χ1n) is 9.74. The molecule has 2 aliphatic heterocycles. The zero-order valence-corrected chi connectivity index (χ0v) is 16.5. The Morgan fingerprint density at radius 1 is 0.969 bits per heavy atom. The third kappa shape index (κ3) is 3.80. The Labute approximate surface area is 181 Å². The van der Waals surface area contributed by atoms with Crippen LogP contribution < -0.4 is 0 Å². The zero-order chi connectivity index (χ0) is 23.2. The molecule has 1 fully saturated rings. The van der Waals surface area contributed by atoms with Crippen LogP contribution in [0.4, 0.5) is 0 Å². The lowest BCUT2D eigenvalue weighted by Gasteiger charge is -2.41. The monoisotopic (exact) mass is 450 g/mol. The Kier molecular flexibility index (Phi) is 5.84. The number of aliphatic hydroxyl groups excluding tert-OH is 6. The molecule has 1 aromatic rings. The number of rotatable bonds is 4. The molecule has 3 aliphatic rings. The fraction of sp³-hybridized carbons (Fsp3) is 0.381. The van der Waals surface area contributed by atoms with Gasteiger partial charge < -0.3 is 50.0 Å².